The van der Waals surface area contributed by atoms with E-state index >= 15 is 0 Å². The number of hydrogen-bond donors (Lipinski definition) is 1. The van der Waals surface area contributed by atoms with Crippen molar-refractivity contribution in [2.45, 2.75) is 6.92 Å². The van der Waals surface area contributed by atoms with E-state index in [0.717, 1.165) is 11.3 Å². The van der Waals surface area contributed by atoms with Crippen molar-refractivity contribution in [3.8, 4) is 11.3 Å². The second-order valence-electron chi connectivity index (χ2n) is 2.91. The third-order valence-electron chi connectivity index (χ3n) is 1.89. The van der Waals surface area contributed by atoms with Gasteiger partial charge in [-0.1, -0.05) is 23.8 Å². The molecular weight excluding hydrogens is 150 g/mol. The summed E-state index contributed by atoms with van der Waals surface area (Å²) in [7, 11) is 0. The largest absolute Gasteiger partial charge is 0.322 e. The molecule has 0 amide bonds. The first-order chi connectivity index (χ1) is 5.75. The van der Waals surface area contributed by atoms with Gasteiger partial charge >= 0.3 is 0 Å². The molecule has 0 radical (unpaired) electrons. The molecule has 0 unspecified atom stereocenters. The Balaban J connectivity index is 2.78. The molecule has 12 heavy (non-hydrogen) atoms. The molecule has 1 aliphatic carbocycles. The molecule has 0 fully saturated rings. The summed E-state index contributed by atoms with van der Waals surface area (Å²) in [5, 5.41) is 0. The molecular formula is C10H9NO. The van der Waals surface area contributed by atoms with Crippen LogP contribution in [0.1, 0.15) is 5.56 Å². The number of nitrogens with one attached hydrogen (secondary N) is 1. The molecule has 0 aromatic rings. The molecule has 0 saturated carbocycles. The fourth-order valence-corrected chi connectivity index (χ4v) is 1.23. The highest BCUT2D eigenvalue weighted by Crippen LogP contribution is 2.15. The molecule has 2 rings (SSSR count). The molecule has 60 valence electrons. The SMILES string of the molecule is Cc1ccc2cc(=O)[nH]c-2cc1. The first-order valence-corrected chi connectivity index (χ1v) is 3.85. The molecule has 2 heteroatoms. The fraction of sp³-hybridized carbons (Fsp3) is 0.100. The molecule has 1 N–H and O–H groups in total. The van der Waals surface area contributed by atoms with Crippen molar-refractivity contribution in [3.63, 3.8) is 0 Å². The van der Waals surface area contributed by atoms with Gasteiger partial charge in [0.2, 0.25) is 5.56 Å². The Morgan fingerprint density at radius 1 is 1.17 bits per heavy atom. The van der Waals surface area contributed by atoms with Crippen LogP contribution in [0.4, 0.5) is 0 Å². The Morgan fingerprint density at radius 2 is 1.92 bits per heavy atom. The number of hydrogen-bond acceptors (Lipinski definition) is 1. The third-order valence-corrected chi connectivity index (χ3v) is 1.89. The Labute approximate surface area is 70.2 Å². The van der Waals surface area contributed by atoms with Gasteiger partial charge in [-0.3, -0.25) is 4.79 Å². The number of rotatable bonds is 0. The van der Waals surface area contributed by atoms with Gasteiger partial charge in [0.15, 0.2) is 0 Å². The van der Waals surface area contributed by atoms with Gasteiger partial charge in [0, 0.05) is 17.3 Å². The van der Waals surface area contributed by atoms with Crippen LogP contribution in [0.5, 0.6) is 0 Å². The van der Waals surface area contributed by atoms with Gasteiger partial charge in [0.1, 0.15) is 0 Å². The van der Waals surface area contributed by atoms with Gasteiger partial charge in [0.05, 0.1) is 0 Å². The molecule has 0 bridgehead atoms. The van der Waals surface area contributed by atoms with Crippen LogP contribution in [0, 0.1) is 6.92 Å². The van der Waals surface area contributed by atoms with Gasteiger partial charge in [-0.05, 0) is 13.0 Å². The predicted octanol–water partition coefficient (Wildman–Crippen LogP) is 1.79. The minimum atomic E-state index is -0.0335. The quantitative estimate of drug-likeness (QED) is 0.624. The predicted molar refractivity (Wildman–Crippen MR) is 48.4 cm³/mol. The maximum atomic E-state index is 10.9. The average Bonchev–Trinajstić information content (AvgIpc) is 2.31. The smallest absolute Gasteiger partial charge is 0.249 e. The van der Waals surface area contributed by atoms with E-state index in [1.54, 1.807) is 6.07 Å². The molecule has 0 atom stereocenters. The minimum Gasteiger partial charge on any atom is -0.322 e. The molecule has 0 aromatic carbocycles. The Bertz CT molecular complexity index is 394. The summed E-state index contributed by atoms with van der Waals surface area (Å²) in [5.74, 6) is 0. The van der Waals surface area contributed by atoms with Crippen molar-refractivity contribution in [2.75, 3.05) is 0 Å². The average molecular weight is 159 g/mol. The van der Waals surface area contributed by atoms with E-state index in [9.17, 15) is 4.79 Å². The second-order valence-corrected chi connectivity index (χ2v) is 2.91. The highest BCUT2D eigenvalue weighted by Gasteiger charge is 2.01. The van der Waals surface area contributed by atoms with Crippen LogP contribution in [0.2, 0.25) is 0 Å². The zero-order valence-electron chi connectivity index (χ0n) is 6.79. The van der Waals surface area contributed by atoms with Crippen LogP contribution in [0.3, 0.4) is 0 Å². The fourth-order valence-electron chi connectivity index (χ4n) is 1.23. The number of aromatic nitrogens is 1. The van der Waals surface area contributed by atoms with Gasteiger partial charge < -0.3 is 4.98 Å². The van der Waals surface area contributed by atoms with E-state index in [1.165, 1.54) is 5.56 Å². The van der Waals surface area contributed by atoms with Gasteiger partial charge in [0.25, 0.3) is 0 Å². The summed E-state index contributed by atoms with van der Waals surface area (Å²) in [4.78, 5) is 13.7. The zero-order valence-corrected chi connectivity index (χ0v) is 6.79. The van der Waals surface area contributed by atoms with Crippen LogP contribution < -0.4 is 5.56 Å². The number of fused-ring (bicyclic) bond motifs is 1. The van der Waals surface area contributed by atoms with Gasteiger partial charge in [-0.2, -0.15) is 0 Å². The van der Waals surface area contributed by atoms with E-state index in [1.807, 2.05) is 31.2 Å². The normalized spacial score (nSPS) is 10.4. The third kappa shape index (κ3) is 1.11. The van der Waals surface area contributed by atoms with E-state index in [4.69, 9.17) is 0 Å². The Kier molecular flexibility index (Phi) is 1.47. The topological polar surface area (TPSA) is 32.9 Å². The molecule has 1 aliphatic heterocycles. The van der Waals surface area contributed by atoms with Crippen molar-refractivity contribution in [1.82, 2.24) is 4.98 Å². The summed E-state index contributed by atoms with van der Waals surface area (Å²) in [6.45, 7) is 2.02. The summed E-state index contributed by atoms with van der Waals surface area (Å²) in [5.41, 5.74) is 3.02. The highest BCUT2D eigenvalue weighted by molar-refractivity contribution is 5.60. The zero-order chi connectivity index (χ0) is 8.55. The molecule has 2 nitrogen and oxygen atoms in total. The maximum Gasteiger partial charge on any atom is 0.249 e. The minimum absolute atomic E-state index is 0.0335. The van der Waals surface area contributed by atoms with Gasteiger partial charge in [-0.25, -0.2) is 0 Å². The Hall–Kier alpha value is -1.57. The van der Waals surface area contributed by atoms with Crippen molar-refractivity contribution < 1.29 is 0 Å². The van der Waals surface area contributed by atoms with Crippen molar-refractivity contribution in [1.29, 1.82) is 0 Å². The van der Waals surface area contributed by atoms with Crippen LogP contribution >= 0.6 is 0 Å². The summed E-state index contributed by atoms with van der Waals surface area (Å²) < 4.78 is 0. The summed E-state index contributed by atoms with van der Waals surface area (Å²) >= 11 is 0. The molecule has 0 saturated heterocycles. The second kappa shape index (κ2) is 2.48. The van der Waals surface area contributed by atoms with E-state index in [-0.39, 0.29) is 5.56 Å². The number of aryl methyl sites for hydroxylation is 1. The first kappa shape index (κ1) is 7.10. The summed E-state index contributed by atoms with van der Waals surface area (Å²) in [6, 6.07) is 9.46. The molecule has 1 heterocycles. The lowest BCUT2D eigenvalue weighted by atomic mass is 10.2. The van der Waals surface area contributed by atoms with E-state index in [2.05, 4.69) is 4.98 Å². The number of H-pyrrole nitrogens is 1. The van der Waals surface area contributed by atoms with Crippen LogP contribution in [-0.4, -0.2) is 4.98 Å². The van der Waals surface area contributed by atoms with Crippen LogP contribution in [0.15, 0.2) is 35.1 Å². The van der Waals surface area contributed by atoms with E-state index < -0.39 is 0 Å². The standard InChI is InChI=1S/C10H9NO/c1-7-2-4-8-6-10(12)11-9(8)5-3-7/h2-6H,1H3,(H,11,12). The van der Waals surface area contributed by atoms with E-state index in [0.29, 0.717) is 0 Å². The number of aromatic amines is 1. The monoisotopic (exact) mass is 159 g/mol. The van der Waals surface area contributed by atoms with Crippen LogP contribution in [-0.2, 0) is 0 Å². The molecule has 2 aliphatic rings. The first-order valence-electron chi connectivity index (χ1n) is 3.85. The van der Waals surface area contributed by atoms with Gasteiger partial charge in [-0.15, -0.1) is 0 Å². The van der Waals surface area contributed by atoms with Crippen LogP contribution in [0.25, 0.3) is 11.3 Å². The lowest BCUT2D eigenvalue weighted by molar-refractivity contribution is 1.32. The lowest BCUT2D eigenvalue weighted by Crippen LogP contribution is -1.92. The lowest BCUT2D eigenvalue weighted by Gasteiger charge is -1.84. The van der Waals surface area contributed by atoms with Crippen molar-refractivity contribution >= 4 is 0 Å². The highest BCUT2D eigenvalue weighted by atomic mass is 16.1. The van der Waals surface area contributed by atoms with Crippen molar-refractivity contribution in [2.24, 2.45) is 0 Å². The summed E-state index contributed by atoms with van der Waals surface area (Å²) in [6.07, 6.45) is 0. The Morgan fingerprint density at radius 3 is 2.75 bits per heavy atom. The maximum absolute atomic E-state index is 10.9. The molecule has 0 spiro atoms. The van der Waals surface area contributed by atoms with Crippen molar-refractivity contribution in [3.05, 3.63) is 46.2 Å². The molecule has 0 aromatic heterocycles.